The zero-order valence-electron chi connectivity index (χ0n) is 10.5. The van der Waals surface area contributed by atoms with Crippen molar-refractivity contribution in [3.63, 3.8) is 0 Å². The average Bonchev–Trinajstić information content (AvgIpc) is 2.66. The van der Waals surface area contributed by atoms with Gasteiger partial charge in [-0.3, -0.25) is 14.5 Å². The van der Waals surface area contributed by atoms with Crippen molar-refractivity contribution in [3.05, 3.63) is 9.93 Å². The van der Waals surface area contributed by atoms with Crippen LogP contribution in [0.2, 0.25) is 0 Å². The summed E-state index contributed by atoms with van der Waals surface area (Å²) in [7, 11) is 1.11. The van der Waals surface area contributed by atoms with Gasteiger partial charge in [0.2, 0.25) is 11.7 Å². The van der Waals surface area contributed by atoms with Crippen molar-refractivity contribution in [2.75, 3.05) is 12.9 Å². The zero-order valence-corrected chi connectivity index (χ0v) is 12.2. The number of alkyl halides is 3. The molecule has 0 aromatic heterocycles. The number of fused-ring (bicyclic) bond motifs is 1. The highest BCUT2D eigenvalue weighted by Crippen LogP contribution is 2.50. The third-order valence-corrected chi connectivity index (χ3v) is 5.17. The van der Waals surface area contributed by atoms with Crippen LogP contribution in [0.1, 0.15) is 6.42 Å². The summed E-state index contributed by atoms with van der Waals surface area (Å²) in [4.78, 5) is 35.0. The van der Waals surface area contributed by atoms with Crippen molar-refractivity contribution in [2.45, 2.75) is 18.0 Å². The molecule has 2 N–H and O–H groups in total. The molecule has 0 unspecified atom stereocenters. The van der Waals surface area contributed by atoms with E-state index >= 15 is 0 Å². The summed E-state index contributed by atoms with van der Waals surface area (Å²) in [5.74, 6) is -3.81. The first-order chi connectivity index (χ1) is 9.25. The minimum atomic E-state index is -4.91. The van der Waals surface area contributed by atoms with Gasteiger partial charge in [0.25, 0.3) is 0 Å². The number of carbonyl (C=O) groups is 3. The Bertz CT molecular complexity index is 519. The maximum absolute atomic E-state index is 12.1. The van der Waals surface area contributed by atoms with Gasteiger partial charge < -0.3 is 10.2 Å². The van der Waals surface area contributed by atoms with Gasteiger partial charge in [-0.2, -0.15) is 13.2 Å². The molecule has 2 aliphatic heterocycles. The van der Waals surface area contributed by atoms with E-state index in [1.54, 1.807) is 0 Å². The highest BCUT2D eigenvalue weighted by atomic mass is 32.2. The molecular weight excluding hydrogens is 335 g/mol. The molecule has 1 saturated heterocycles. The van der Waals surface area contributed by atoms with Gasteiger partial charge in [0.05, 0.1) is 28.9 Å². The summed E-state index contributed by atoms with van der Waals surface area (Å²) >= 11 is 1.69. The smallest absolute Gasteiger partial charge is 0.450 e. The molecule has 0 radical (unpaired) electrons. The number of halogens is 3. The summed E-state index contributed by atoms with van der Waals surface area (Å²) in [5.41, 5.74) is -0.0706. The van der Waals surface area contributed by atoms with Crippen molar-refractivity contribution in [1.29, 1.82) is 0 Å². The first kappa shape index (κ1) is 17.9. The Balaban J connectivity index is 0.00000220. The van der Waals surface area contributed by atoms with Gasteiger partial charge in [0, 0.05) is 0 Å². The lowest BCUT2D eigenvalue weighted by atomic mass is 10.2. The summed E-state index contributed by atoms with van der Waals surface area (Å²) in [6.07, 6.45) is -4.69. The van der Waals surface area contributed by atoms with Crippen LogP contribution in [0.15, 0.2) is 9.93 Å². The van der Waals surface area contributed by atoms with E-state index in [2.05, 4.69) is 4.74 Å². The number of nitrogens with zero attached hydrogens (tertiary/aromatic N) is 1. The molecule has 118 valence electrons. The molecule has 2 heterocycles. The van der Waals surface area contributed by atoms with Gasteiger partial charge in [0.15, 0.2) is 5.70 Å². The number of thioether (sulfide) groups is 2. The first-order valence-electron chi connectivity index (χ1n) is 5.30. The Morgan fingerprint density at radius 2 is 2.10 bits per heavy atom. The van der Waals surface area contributed by atoms with E-state index in [4.69, 9.17) is 0 Å². The lowest BCUT2D eigenvalue weighted by Crippen LogP contribution is -2.48. The van der Waals surface area contributed by atoms with E-state index in [1.807, 2.05) is 0 Å². The van der Waals surface area contributed by atoms with Crippen LogP contribution in [-0.2, 0) is 19.1 Å². The minimum absolute atomic E-state index is 0. The maximum Gasteiger partial charge on any atom is 0.450 e. The zero-order chi connectivity index (χ0) is 15.1. The van der Waals surface area contributed by atoms with Crippen LogP contribution in [0, 0.1) is 0 Å². The highest BCUT2D eigenvalue weighted by molar-refractivity contribution is 8.23. The molecule has 11 heteroatoms. The number of ether oxygens (including phenoxy) is 1. The van der Waals surface area contributed by atoms with Crippen molar-refractivity contribution in [3.8, 4) is 0 Å². The van der Waals surface area contributed by atoms with Crippen LogP contribution in [0.3, 0.4) is 0 Å². The van der Waals surface area contributed by atoms with Crippen LogP contribution in [-0.4, -0.2) is 52.4 Å². The standard InChI is InChI=1S/C10H8F3NO4S2.H2O/c1-18-8(17)7-9(19-3-4(15)10(11,12)13)20-6-2-5(16)14(6)7;/h6H,2-3H2,1H3;1H2/t6-;/m1./s1. The minimum Gasteiger partial charge on any atom is -0.464 e. The van der Waals surface area contributed by atoms with Gasteiger partial charge in [-0.1, -0.05) is 11.8 Å². The monoisotopic (exact) mass is 345 g/mol. The molecule has 0 spiro atoms. The number of amides is 1. The Kier molecular flexibility index (Phi) is 5.34. The molecule has 1 atom stereocenters. The van der Waals surface area contributed by atoms with E-state index < -0.39 is 23.7 Å². The number of hydrogen-bond donors (Lipinski definition) is 0. The van der Waals surface area contributed by atoms with Gasteiger partial charge in [-0.15, -0.1) is 11.8 Å². The Morgan fingerprint density at radius 1 is 1.48 bits per heavy atom. The summed E-state index contributed by atoms with van der Waals surface area (Å²) in [6, 6.07) is 0. The first-order valence-corrected chi connectivity index (χ1v) is 7.16. The second-order valence-electron chi connectivity index (χ2n) is 3.88. The molecule has 2 aliphatic rings. The fourth-order valence-corrected chi connectivity index (χ4v) is 4.24. The van der Waals surface area contributed by atoms with E-state index in [9.17, 15) is 27.6 Å². The van der Waals surface area contributed by atoms with Gasteiger partial charge in [0.1, 0.15) is 0 Å². The normalized spacial score (nSPS) is 20.7. The Hall–Kier alpha value is -1.20. The number of carbonyl (C=O) groups excluding carboxylic acids is 3. The number of rotatable bonds is 4. The fourth-order valence-electron chi connectivity index (χ4n) is 1.62. The number of esters is 1. The molecule has 0 aromatic carbocycles. The van der Waals surface area contributed by atoms with E-state index in [1.165, 1.54) is 4.90 Å². The Morgan fingerprint density at radius 3 is 2.57 bits per heavy atom. The second kappa shape index (κ2) is 6.28. The maximum atomic E-state index is 12.1. The number of Topliss-reactive ketones (excluding diaryl/α,β-unsaturated/α-hetero) is 1. The molecule has 0 aliphatic carbocycles. The van der Waals surface area contributed by atoms with Gasteiger partial charge in [-0.25, -0.2) is 4.79 Å². The summed E-state index contributed by atoms with van der Waals surface area (Å²) < 4.78 is 41.1. The van der Waals surface area contributed by atoms with Crippen molar-refractivity contribution < 1.29 is 37.8 Å². The van der Waals surface area contributed by atoms with E-state index in [-0.39, 0.29) is 33.1 Å². The largest absolute Gasteiger partial charge is 0.464 e. The predicted octanol–water partition coefficient (Wildman–Crippen LogP) is 0.674. The third kappa shape index (κ3) is 3.35. The fraction of sp³-hybridized carbons (Fsp3) is 0.500. The SMILES string of the molecule is COC(=O)C1=C(SCC(=O)C(F)(F)F)S[C@@H]2CC(=O)N12.O. The van der Waals surface area contributed by atoms with Crippen LogP contribution >= 0.6 is 23.5 Å². The van der Waals surface area contributed by atoms with E-state index in [0.29, 0.717) is 11.8 Å². The molecule has 1 fully saturated rings. The lowest BCUT2D eigenvalue weighted by Gasteiger charge is -2.34. The number of β-lactam (4-membered cyclic amide) rings is 1. The predicted molar refractivity (Wildman–Crippen MR) is 69.0 cm³/mol. The molecule has 0 saturated carbocycles. The quantitative estimate of drug-likeness (QED) is 0.549. The molecule has 2 rings (SSSR count). The molecule has 6 nitrogen and oxygen atoms in total. The topological polar surface area (TPSA) is 95.2 Å². The van der Waals surface area contributed by atoms with Crippen LogP contribution in [0.4, 0.5) is 13.2 Å². The van der Waals surface area contributed by atoms with Gasteiger partial charge >= 0.3 is 12.1 Å². The van der Waals surface area contributed by atoms with Crippen molar-refractivity contribution >= 4 is 41.2 Å². The van der Waals surface area contributed by atoms with Gasteiger partial charge in [-0.05, 0) is 0 Å². The number of ketones is 1. The summed E-state index contributed by atoms with van der Waals surface area (Å²) in [6.45, 7) is 0. The van der Waals surface area contributed by atoms with Crippen LogP contribution in [0.5, 0.6) is 0 Å². The highest BCUT2D eigenvalue weighted by Gasteiger charge is 2.49. The average molecular weight is 345 g/mol. The van der Waals surface area contributed by atoms with Crippen molar-refractivity contribution in [2.24, 2.45) is 0 Å². The summed E-state index contributed by atoms with van der Waals surface area (Å²) in [5, 5.41) is -0.292. The molecule has 1 amide bonds. The van der Waals surface area contributed by atoms with E-state index in [0.717, 1.165) is 18.9 Å². The number of hydrogen-bond acceptors (Lipinski definition) is 6. The Labute approximate surface area is 125 Å². The molecule has 21 heavy (non-hydrogen) atoms. The second-order valence-corrected chi connectivity index (χ2v) is 6.31. The van der Waals surface area contributed by atoms with Crippen LogP contribution in [0.25, 0.3) is 0 Å². The molecule has 0 aromatic rings. The molecule has 0 bridgehead atoms. The number of methoxy groups -OCH3 is 1. The third-order valence-electron chi connectivity index (χ3n) is 2.61. The molecular formula is C10H10F3NO5S2. The lowest BCUT2D eigenvalue weighted by molar-refractivity contribution is -0.167. The van der Waals surface area contributed by atoms with Crippen LogP contribution < -0.4 is 0 Å². The van der Waals surface area contributed by atoms with Crippen molar-refractivity contribution in [1.82, 2.24) is 4.90 Å².